The van der Waals surface area contributed by atoms with Crippen LogP contribution in [0.4, 0.5) is 15.9 Å². The van der Waals surface area contributed by atoms with Crippen LogP contribution in [-0.4, -0.2) is 23.7 Å². The molecule has 0 aliphatic carbocycles. The molecule has 0 amide bonds. The van der Waals surface area contributed by atoms with E-state index in [1.165, 1.54) is 18.5 Å². The largest absolute Gasteiger partial charge is 0.493 e. The minimum atomic E-state index is -0.475. The number of methoxy groups -OCH3 is 1. The van der Waals surface area contributed by atoms with Crippen LogP contribution in [0.1, 0.15) is 19.3 Å². The Kier molecular flexibility index (Phi) is 6.66. The molecule has 0 atom stereocenters. The number of allylic oxidation sites excluding steroid dienone is 1. The van der Waals surface area contributed by atoms with Crippen molar-refractivity contribution >= 4 is 34.0 Å². The minimum Gasteiger partial charge on any atom is -0.493 e. The number of nitrogens with one attached hydrogen (secondary N) is 1. The number of benzene rings is 2. The van der Waals surface area contributed by atoms with Crippen LogP contribution in [-0.2, 0) is 0 Å². The second-order valence-electron chi connectivity index (χ2n) is 6.13. The topological polar surface area (TPSA) is 56.3 Å². The summed E-state index contributed by atoms with van der Waals surface area (Å²) in [7, 11) is 1.59. The molecule has 0 unspecified atom stereocenters. The van der Waals surface area contributed by atoms with Crippen molar-refractivity contribution in [1.29, 1.82) is 0 Å². The molecule has 0 radical (unpaired) electrons. The number of halogens is 2. The lowest BCUT2D eigenvalue weighted by Gasteiger charge is -2.14. The van der Waals surface area contributed by atoms with E-state index in [0.717, 1.165) is 24.6 Å². The first-order valence-electron chi connectivity index (χ1n) is 8.91. The Morgan fingerprint density at radius 1 is 1.18 bits per heavy atom. The van der Waals surface area contributed by atoms with Crippen molar-refractivity contribution in [2.45, 2.75) is 19.3 Å². The first-order valence-corrected chi connectivity index (χ1v) is 9.28. The molecule has 1 N–H and O–H groups in total. The van der Waals surface area contributed by atoms with Crippen LogP contribution < -0.4 is 14.8 Å². The lowest BCUT2D eigenvalue weighted by atomic mass is 10.2. The van der Waals surface area contributed by atoms with E-state index in [9.17, 15) is 4.39 Å². The van der Waals surface area contributed by atoms with E-state index in [4.69, 9.17) is 21.1 Å². The van der Waals surface area contributed by atoms with Gasteiger partial charge in [0, 0.05) is 17.1 Å². The number of anilines is 2. The summed E-state index contributed by atoms with van der Waals surface area (Å²) in [5.41, 5.74) is 1.32. The van der Waals surface area contributed by atoms with Gasteiger partial charge in [-0.1, -0.05) is 17.7 Å². The summed E-state index contributed by atoms with van der Waals surface area (Å²) in [5, 5.41) is 3.94. The van der Waals surface area contributed by atoms with Gasteiger partial charge in [-0.2, -0.15) is 0 Å². The Morgan fingerprint density at radius 2 is 2.04 bits per heavy atom. The highest BCUT2D eigenvalue weighted by Crippen LogP contribution is 2.35. The number of hydrogen-bond acceptors (Lipinski definition) is 5. The number of aromatic nitrogens is 2. The van der Waals surface area contributed by atoms with Gasteiger partial charge in [0.25, 0.3) is 0 Å². The maximum Gasteiger partial charge on any atom is 0.162 e. The number of ether oxygens (including phenoxy) is 2. The van der Waals surface area contributed by atoms with E-state index in [2.05, 4.69) is 21.9 Å². The highest BCUT2D eigenvalue weighted by atomic mass is 35.5. The van der Waals surface area contributed by atoms with Crippen molar-refractivity contribution in [2.24, 2.45) is 0 Å². The predicted octanol–water partition coefficient (Wildman–Crippen LogP) is 5.91. The fourth-order valence-electron chi connectivity index (χ4n) is 2.72. The van der Waals surface area contributed by atoms with Crippen molar-refractivity contribution in [3.63, 3.8) is 0 Å². The molecular weight excluding hydrogens is 381 g/mol. The van der Waals surface area contributed by atoms with Gasteiger partial charge in [-0.3, -0.25) is 0 Å². The standard InChI is InChI=1S/C21H21ClFN3O2/c1-3-4-5-6-9-28-20-11-15-18(12-19(20)27-2)24-13-25-21(15)26-14-7-8-17(23)16(22)10-14/h3,7-8,10-13H,1,4-6,9H2,2H3,(H,24,25,26). The Labute approximate surface area is 168 Å². The third-order valence-electron chi connectivity index (χ3n) is 4.16. The molecule has 0 fully saturated rings. The zero-order chi connectivity index (χ0) is 19.9. The molecule has 0 saturated carbocycles. The van der Waals surface area contributed by atoms with E-state index in [1.807, 2.05) is 12.1 Å². The Balaban J connectivity index is 1.89. The smallest absolute Gasteiger partial charge is 0.162 e. The van der Waals surface area contributed by atoms with Gasteiger partial charge in [0.15, 0.2) is 11.5 Å². The van der Waals surface area contributed by atoms with Crippen molar-refractivity contribution in [3.8, 4) is 11.5 Å². The summed E-state index contributed by atoms with van der Waals surface area (Å²) in [5.74, 6) is 1.30. The molecule has 3 rings (SSSR count). The lowest BCUT2D eigenvalue weighted by molar-refractivity contribution is 0.287. The van der Waals surface area contributed by atoms with Gasteiger partial charge in [-0.15, -0.1) is 6.58 Å². The third kappa shape index (κ3) is 4.70. The molecular formula is C21H21ClFN3O2. The van der Waals surface area contributed by atoms with E-state index >= 15 is 0 Å². The summed E-state index contributed by atoms with van der Waals surface area (Å²) in [6.45, 7) is 4.29. The lowest BCUT2D eigenvalue weighted by Crippen LogP contribution is -2.01. The van der Waals surface area contributed by atoms with E-state index in [-0.39, 0.29) is 5.02 Å². The van der Waals surface area contributed by atoms with Crippen molar-refractivity contribution in [1.82, 2.24) is 9.97 Å². The van der Waals surface area contributed by atoms with Crippen molar-refractivity contribution < 1.29 is 13.9 Å². The van der Waals surface area contributed by atoms with Gasteiger partial charge in [0.1, 0.15) is 18.0 Å². The van der Waals surface area contributed by atoms with E-state index in [1.54, 1.807) is 19.2 Å². The van der Waals surface area contributed by atoms with Crippen molar-refractivity contribution in [3.05, 3.63) is 60.2 Å². The highest BCUT2D eigenvalue weighted by molar-refractivity contribution is 6.31. The first kappa shape index (κ1) is 19.9. The summed E-state index contributed by atoms with van der Waals surface area (Å²) in [6.07, 6.45) is 6.23. The van der Waals surface area contributed by atoms with Gasteiger partial charge in [-0.25, -0.2) is 14.4 Å². The molecule has 5 nitrogen and oxygen atoms in total. The summed E-state index contributed by atoms with van der Waals surface area (Å²) in [6, 6.07) is 8.05. The zero-order valence-corrected chi connectivity index (χ0v) is 16.3. The average Bonchev–Trinajstić information content (AvgIpc) is 2.70. The number of hydrogen-bond donors (Lipinski definition) is 1. The fraction of sp³-hybridized carbons (Fsp3) is 0.238. The highest BCUT2D eigenvalue weighted by Gasteiger charge is 2.12. The zero-order valence-electron chi connectivity index (χ0n) is 15.5. The van der Waals surface area contributed by atoms with E-state index < -0.39 is 5.82 Å². The fourth-order valence-corrected chi connectivity index (χ4v) is 2.90. The van der Waals surface area contributed by atoms with Gasteiger partial charge in [0.2, 0.25) is 0 Å². The SMILES string of the molecule is C=CCCCCOc1cc2c(Nc3ccc(F)c(Cl)c3)ncnc2cc1OC. The Morgan fingerprint density at radius 3 is 2.79 bits per heavy atom. The predicted molar refractivity (Wildman–Crippen MR) is 110 cm³/mol. The third-order valence-corrected chi connectivity index (χ3v) is 4.45. The summed E-state index contributed by atoms with van der Waals surface area (Å²) < 4.78 is 24.7. The van der Waals surface area contributed by atoms with Crippen molar-refractivity contribution in [2.75, 3.05) is 19.0 Å². The van der Waals surface area contributed by atoms with Crippen LogP contribution >= 0.6 is 11.6 Å². The molecule has 2 aromatic carbocycles. The number of rotatable bonds is 9. The van der Waals surface area contributed by atoms with Crippen LogP contribution in [0, 0.1) is 5.82 Å². The second-order valence-corrected chi connectivity index (χ2v) is 6.54. The Bertz CT molecular complexity index is 981. The molecule has 0 aliphatic rings. The van der Waals surface area contributed by atoms with Crippen LogP contribution in [0.3, 0.4) is 0 Å². The molecule has 0 spiro atoms. The second kappa shape index (κ2) is 9.37. The molecule has 0 bridgehead atoms. The maximum atomic E-state index is 13.4. The van der Waals surface area contributed by atoms with Crippen LogP contribution in [0.25, 0.3) is 10.9 Å². The van der Waals surface area contributed by atoms with E-state index in [0.29, 0.717) is 35.1 Å². The molecule has 1 heterocycles. The average molecular weight is 402 g/mol. The van der Waals surface area contributed by atoms with Gasteiger partial charge >= 0.3 is 0 Å². The molecule has 146 valence electrons. The maximum absolute atomic E-state index is 13.4. The summed E-state index contributed by atoms with van der Waals surface area (Å²) >= 11 is 5.87. The molecule has 28 heavy (non-hydrogen) atoms. The number of unbranched alkanes of at least 4 members (excludes halogenated alkanes) is 2. The molecule has 7 heteroatoms. The van der Waals surface area contributed by atoms with Gasteiger partial charge in [0.05, 0.1) is 24.3 Å². The monoisotopic (exact) mass is 401 g/mol. The minimum absolute atomic E-state index is 0.0357. The summed E-state index contributed by atoms with van der Waals surface area (Å²) in [4.78, 5) is 8.61. The van der Waals surface area contributed by atoms with Gasteiger partial charge in [-0.05, 0) is 43.5 Å². The molecule has 0 aliphatic heterocycles. The number of nitrogens with zero attached hydrogens (tertiary/aromatic N) is 2. The molecule has 0 saturated heterocycles. The molecule has 3 aromatic rings. The van der Waals surface area contributed by atoms with Crippen LogP contribution in [0.15, 0.2) is 49.3 Å². The van der Waals surface area contributed by atoms with Crippen LogP contribution in [0.2, 0.25) is 5.02 Å². The van der Waals surface area contributed by atoms with Gasteiger partial charge < -0.3 is 14.8 Å². The quantitative estimate of drug-likeness (QED) is 0.357. The normalized spacial score (nSPS) is 10.7. The first-order chi connectivity index (χ1) is 13.6. The molecule has 1 aromatic heterocycles. The van der Waals surface area contributed by atoms with Crippen LogP contribution in [0.5, 0.6) is 11.5 Å². The number of fused-ring (bicyclic) bond motifs is 1. The Hall–Kier alpha value is -2.86.